The van der Waals surface area contributed by atoms with Crippen LogP contribution in [0.4, 0.5) is 0 Å². The van der Waals surface area contributed by atoms with Crippen LogP contribution in [0.15, 0.2) is 0 Å². The Bertz CT molecular complexity index is 266. The molecule has 0 aromatic heterocycles. The second kappa shape index (κ2) is 7.55. The maximum atomic E-state index is 11.5. The Morgan fingerprint density at radius 1 is 1.59 bits per heavy atom. The third-order valence-corrected chi connectivity index (χ3v) is 3.40. The molecule has 6 heteroatoms. The Morgan fingerprint density at radius 3 is 2.88 bits per heavy atom. The van der Waals surface area contributed by atoms with E-state index in [1.807, 2.05) is 6.26 Å². The first-order chi connectivity index (χ1) is 8.15. The number of carbonyl (C=O) groups excluding carboxylic acids is 1. The van der Waals surface area contributed by atoms with Crippen LogP contribution in [0.25, 0.3) is 0 Å². The number of nitrogens with one attached hydrogen (secondary N) is 1. The smallest absolute Gasteiger partial charge is 0.326 e. The van der Waals surface area contributed by atoms with Gasteiger partial charge < -0.3 is 15.2 Å². The highest BCUT2D eigenvalue weighted by atomic mass is 32.2. The summed E-state index contributed by atoms with van der Waals surface area (Å²) in [6, 6.07) is -0.815. The summed E-state index contributed by atoms with van der Waals surface area (Å²) in [7, 11) is 0. The zero-order chi connectivity index (χ0) is 12.7. The molecule has 0 bridgehead atoms. The standard InChI is InChI=1S/C11H19NO4S/c1-17-6-4-9(13)12-10(11(14)15)8-3-2-5-16-7-8/h8,10H,2-7H2,1H3,(H,12,13)(H,14,15). The molecular formula is C11H19NO4S. The fourth-order valence-electron chi connectivity index (χ4n) is 1.85. The number of carboxylic acids is 1. The molecule has 17 heavy (non-hydrogen) atoms. The van der Waals surface area contributed by atoms with Gasteiger partial charge in [0.25, 0.3) is 0 Å². The molecule has 98 valence electrons. The number of hydrogen-bond donors (Lipinski definition) is 2. The van der Waals surface area contributed by atoms with Gasteiger partial charge in [0.1, 0.15) is 6.04 Å². The maximum absolute atomic E-state index is 11.5. The minimum Gasteiger partial charge on any atom is -0.480 e. The van der Waals surface area contributed by atoms with E-state index in [1.165, 1.54) is 0 Å². The van der Waals surface area contributed by atoms with E-state index in [4.69, 9.17) is 9.84 Å². The SMILES string of the molecule is CSCCC(=O)NC(C(=O)O)C1CCCOC1. The van der Waals surface area contributed by atoms with Crippen molar-refractivity contribution in [3.8, 4) is 0 Å². The van der Waals surface area contributed by atoms with Gasteiger partial charge in [0, 0.05) is 24.7 Å². The summed E-state index contributed by atoms with van der Waals surface area (Å²) in [5, 5.41) is 11.7. The van der Waals surface area contributed by atoms with E-state index < -0.39 is 12.0 Å². The van der Waals surface area contributed by atoms with Gasteiger partial charge in [-0.15, -0.1) is 0 Å². The summed E-state index contributed by atoms with van der Waals surface area (Å²) < 4.78 is 5.26. The van der Waals surface area contributed by atoms with Crippen LogP contribution in [0, 0.1) is 5.92 Å². The molecule has 0 aromatic rings. The average Bonchev–Trinajstić information content (AvgIpc) is 2.34. The predicted octanol–water partition coefficient (Wildman–Crippen LogP) is 0.735. The van der Waals surface area contributed by atoms with Gasteiger partial charge in [-0.3, -0.25) is 4.79 Å². The molecule has 0 aliphatic carbocycles. The summed E-state index contributed by atoms with van der Waals surface area (Å²) in [6.07, 6.45) is 3.92. The number of carbonyl (C=O) groups is 2. The molecule has 0 aromatic carbocycles. The van der Waals surface area contributed by atoms with Crippen LogP contribution in [0.1, 0.15) is 19.3 Å². The Kier molecular flexibility index (Phi) is 6.36. The quantitative estimate of drug-likeness (QED) is 0.737. The largest absolute Gasteiger partial charge is 0.480 e. The molecule has 0 spiro atoms. The second-order valence-corrected chi connectivity index (χ2v) is 5.09. The van der Waals surface area contributed by atoms with Crippen molar-refractivity contribution in [1.82, 2.24) is 5.32 Å². The van der Waals surface area contributed by atoms with Gasteiger partial charge >= 0.3 is 5.97 Å². The Balaban J connectivity index is 2.47. The van der Waals surface area contributed by atoms with Crippen LogP contribution < -0.4 is 5.32 Å². The molecule has 2 atom stereocenters. The minimum atomic E-state index is -0.974. The third-order valence-electron chi connectivity index (χ3n) is 2.78. The summed E-state index contributed by atoms with van der Waals surface area (Å²) in [5.41, 5.74) is 0. The van der Waals surface area contributed by atoms with E-state index in [0.29, 0.717) is 25.4 Å². The first-order valence-corrected chi connectivity index (χ1v) is 7.13. The van der Waals surface area contributed by atoms with Crippen molar-refractivity contribution in [2.75, 3.05) is 25.2 Å². The molecule has 1 amide bonds. The molecule has 1 rings (SSSR count). The highest BCUT2D eigenvalue weighted by Gasteiger charge is 2.30. The minimum absolute atomic E-state index is 0.112. The lowest BCUT2D eigenvalue weighted by Crippen LogP contribution is -2.48. The highest BCUT2D eigenvalue weighted by molar-refractivity contribution is 7.98. The molecule has 5 nitrogen and oxygen atoms in total. The van der Waals surface area contributed by atoms with Crippen molar-refractivity contribution in [3.05, 3.63) is 0 Å². The lowest BCUT2D eigenvalue weighted by atomic mass is 9.93. The van der Waals surface area contributed by atoms with Gasteiger partial charge in [-0.05, 0) is 19.1 Å². The van der Waals surface area contributed by atoms with Gasteiger partial charge in [0.2, 0.25) is 5.91 Å². The molecule has 1 fully saturated rings. The number of thioether (sulfide) groups is 1. The molecule has 0 saturated carbocycles. The van der Waals surface area contributed by atoms with E-state index >= 15 is 0 Å². The van der Waals surface area contributed by atoms with Crippen molar-refractivity contribution in [2.24, 2.45) is 5.92 Å². The van der Waals surface area contributed by atoms with Gasteiger partial charge in [0.15, 0.2) is 0 Å². The van der Waals surface area contributed by atoms with Gasteiger partial charge in [-0.1, -0.05) is 0 Å². The van der Waals surface area contributed by atoms with Crippen molar-refractivity contribution < 1.29 is 19.4 Å². The van der Waals surface area contributed by atoms with Crippen molar-refractivity contribution in [2.45, 2.75) is 25.3 Å². The lowest BCUT2D eigenvalue weighted by Gasteiger charge is -2.28. The van der Waals surface area contributed by atoms with Crippen molar-refractivity contribution in [1.29, 1.82) is 0 Å². The summed E-state index contributed by atoms with van der Waals surface area (Å²) in [4.78, 5) is 22.7. The summed E-state index contributed by atoms with van der Waals surface area (Å²) in [5.74, 6) is -0.575. The number of ether oxygens (including phenoxy) is 1. The lowest BCUT2D eigenvalue weighted by molar-refractivity contribution is -0.145. The second-order valence-electron chi connectivity index (χ2n) is 4.10. The summed E-state index contributed by atoms with van der Waals surface area (Å²) in [6.45, 7) is 1.10. The van der Waals surface area contributed by atoms with Gasteiger partial charge in [-0.2, -0.15) is 11.8 Å². The highest BCUT2D eigenvalue weighted by Crippen LogP contribution is 2.18. The van der Waals surface area contributed by atoms with Crippen LogP contribution in [-0.2, 0) is 14.3 Å². The predicted molar refractivity (Wildman–Crippen MR) is 66.1 cm³/mol. The molecule has 1 saturated heterocycles. The zero-order valence-electron chi connectivity index (χ0n) is 9.98. The van der Waals surface area contributed by atoms with Crippen molar-refractivity contribution >= 4 is 23.6 Å². The average molecular weight is 261 g/mol. The monoisotopic (exact) mass is 261 g/mol. The third kappa shape index (κ3) is 4.95. The van der Waals surface area contributed by atoms with Crippen LogP contribution in [0.2, 0.25) is 0 Å². The van der Waals surface area contributed by atoms with Gasteiger partial charge in [-0.25, -0.2) is 4.79 Å². The van der Waals surface area contributed by atoms with E-state index in [2.05, 4.69) is 5.32 Å². The maximum Gasteiger partial charge on any atom is 0.326 e. The van der Waals surface area contributed by atoms with Crippen LogP contribution in [-0.4, -0.2) is 48.2 Å². The molecule has 1 aliphatic rings. The number of rotatable bonds is 6. The van der Waals surface area contributed by atoms with Crippen LogP contribution in [0.5, 0.6) is 0 Å². The van der Waals surface area contributed by atoms with E-state index in [1.54, 1.807) is 11.8 Å². The Morgan fingerprint density at radius 2 is 2.35 bits per heavy atom. The van der Waals surface area contributed by atoms with E-state index in [0.717, 1.165) is 12.8 Å². The first-order valence-electron chi connectivity index (χ1n) is 5.74. The number of amides is 1. The molecule has 2 unspecified atom stereocenters. The molecule has 0 radical (unpaired) electrons. The number of aliphatic carboxylic acids is 1. The molecular weight excluding hydrogens is 242 g/mol. The number of hydrogen-bond acceptors (Lipinski definition) is 4. The number of carboxylic acid groups (broad SMARTS) is 1. The van der Waals surface area contributed by atoms with Gasteiger partial charge in [0.05, 0.1) is 6.61 Å². The summed E-state index contributed by atoms with van der Waals surface area (Å²) >= 11 is 1.57. The fourth-order valence-corrected chi connectivity index (χ4v) is 2.24. The molecule has 1 aliphatic heterocycles. The topological polar surface area (TPSA) is 75.6 Å². The normalized spacial score (nSPS) is 21.8. The van der Waals surface area contributed by atoms with Crippen molar-refractivity contribution in [3.63, 3.8) is 0 Å². The Labute approximate surface area is 105 Å². The zero-order valence-corrected chi connectivity index (χ0v) is 10.8. The van der Waals surface area contributed by atoms with Crippen LogP contribution in [0.3, 0.4) is 0 Å². The Hall–Kier alpha value is -0.750. The molecule has 2 N–H and O–H groups in total. The first kappa shape index (κ1) is 14.3. The van der Waals surface area contributed by atoms with Crippen LogP contribution >= 0.6 is 11.8 Å². The molecule has 1 heterocycles. The van der Waals surface area contributed by atoms with E-state index in [-0.39, 0.29) is 11.8 Å². The fraction of sp³-hybridized carbons (Fsp3) is 0.818. The van der Waals surface area contributed by atoms with E-state index in [9.17, 15) is 9.59 Å².